The fourth-order valence-corrected chi connectivity index (χ4v) is 8.93. The smallest absolute Gasteiger partial charge is 0.407 e. The number of methoxy groups -OCH3 is 1. The Kier molecular flexibility index (Phi) is 19.7. The molecule has 1 saturated carbocycles. The van der Waals surface area contributed by atoms with E-state index in [-0.39, 0.29) is 45.9 Å². The van der Waals surface area contributed by atoms with Crippen LogP contribution in [-0.2, 0) is 86.3 Å². The molecule has 2 aliphatic heterocycles. The summed E-state index contributed by atoms with van der Waals surface area (Å²) in [5.74, 6) is -3.57. The van der Waals surface area contributed by atoms with Crippen LogP contribution in [-0.4, -0.2) is 112 Å². The van der Waals surface area contributed by atoms with Gasteiger partial charge in [0.15, 0.2) is 12.6 Å². The van der Waals surface area contributed by atoms with Crippen molar-refractivity contribution < 1.29 is 71.3 Å². The average Bonchev–Trinajstić information content (AvgIpc) is 3.34. The minimum atomic E-state index is -1.30. The summed E-state index contributed by atoms with van der Waals surface area (Å²) in [6.07, 6.45) is -6.46. The lowest BCUT2D eigenvalue weighted by Gasteiger charge is -2.49. The molecule has 6 rings (SSSR count). The summed E-state index contributed by atoms with van der Waals surface area (Å²) in [7, 11) is 1.32. The summed E-state index contributed by atoms with van der Waals surface area (Å²) < 4.78 is 69.3. The Morgan fingerprint density at radius 2 is 1.25 bits per heavy atom. The highest BCUT2D eigenvalue weighted by Crippen LogP contribution is 2.41. The predicted octanol–water partition coefficient (Wildman–Crippen LogP) is 6.78. The van der Waals surface area contributed by atoms with E-state index in [0.717, 1.165) is 16.7 Å². The lowest BCUT2D eigenvalue weighted by Crippen LogP contribution is -2.64. The standard InChI is InChI=1S/C52H65NO15/c1-8-25-59-52(57)53-43-32(3)44(65-35(6)55)42(31-60-34(5)54)67-50(43)66-41-27-40(49(56)58-7)26-39(9-2)46(41)68-51-48(63-30-38-23-17-12-18-24-38)47(62-29-37-21-15-11-16-22-37)45(33(4)64-51)61-28-36-19-13-10-14-20-36/h8-24,32-33,39-48,50-51H,1-2,25-31H2,3-7H3,(H,53,57)/t32?,33-,39?,40?,41+,42-,43?,44+,45-,46+,47?,48-,50+,51?/m0/s1. The zero-order chi connectivity index (χ0) is 48.6. The van der Waals surface area contributed by atoms with E-state index in [1.807, 2.05) is 97.9 Å². The molecule has 0 spiro atoms. The van der Waals surface area contributed by atoms with Crippen molar-refractivity contribution in [3.05, 3.63) is 133 Å². The van der Waals surface area contributed by atoms with Crippen LogP contribution < -0.4 is 5.32 Å². The summed E-state index contributed by atoms with van der Waals surface area (Å²) >= 11 is 0. The highest BCUT2D eigenvalue weighted by molar-refractivity contribution is 5.72. The Bertz CT molecular complexity index is 2070. The molecular formula is C52H65NO15. The predicted molar refractivity (Wildman–Crippen MR) is 246 cm³/mol. The van der Waals surface area contributed by atoms with E-state index in [2.05, 4.69) is 18.5 Å². The van der Waals surface area contributed by atoms with Gasteiger partial charge in [0.1, 0.15) is 43.7 Å². The van der Waals surface area contributed by atoms with Crippen molar-refractivity contribution in [2.75, 3.05) is 20.3 Å². The van der Waals surface area contributed by atoms with Crippen molar-refractivity contribution in [1.29, 1.82) is 0 Å². The maximum atomic E-state index is 13.4. The van der Waals surface area contributed by atoms with E-state index >= 15 is 0 Å². The molecule has 2 saturated heterocycles. The molecule has 0 aromatic heterocycles. The van der Waals surface area contributed by atoms with Crippen LogP contribution in [0.4, 0.5) is 4.79 Å². The number of amides is 1. The van der Waals surface area contributed by atoms with Gasteiger partial charge in [0, 0.05) is 25.7 Å². The number of nitrogens with one attached hydrogen (secondary N) is 1. The van der Waals surface area contributed by atoms with Crippen LogP contribution in [0.1, 0.15) is 57.2 Å². The molecule has 3 fully saturated rings. The summed E-state index contributed by atoms with van der Waals surface area (Å²) in [6, 6.07) is 28.3. The van der Waals surface area contributed by atoms with E-state index in [9.17, 15) is 19.2 Å². The first kappa shape index (κ1) is 51.9. The van der Waals surface area contributed by atoms with Crippen LogP contribution in [0, 0.1) is 17.8 Å². The molecule has 368 valence electrons. The molecule has 3 aromatic carbocycles. The third-order valence-corrected chi connectivity index (χ3v) is 12.3. The van der Waals surface area contributed by atoms with Gasteiger partial charge in [0.2, 0.25) is 0 Å². The second-order valence-electron chi connectivity index (χ2n) is 17.2. The molecule has 2 heterocycles. The van der Waals surface area contributed by atoms with Crippen LogP contribution >= 0.6 is 0 Å². The topological polar surface area (TPSA) is 182 Å². The van der Waals surface area contributed by atoms with Gasteiger partial charge in [-0.1, -0.05) is 117 Å². The molecule has 3 aliphatic rings. The highest BCUT2D eigenvalue weighted by atomic mass is 16.7. The molecule has 16 nitrogen and oxygen atoms in total. The van der Waals surface area contributed by atoms with Gasteiger partial charge in [-0.05, 0) is 36.5 Å². The van der Waals surface area contributed by atoms with Gasteiger partial charge < -0.3 is 57.4 Å². The van der Waals surface area contributed by atoms with Crippen LogP contribution in [0.5, 0.6) is 0 Å². The first-order valence-corrected chi connectivity index (χ1v) is 23.0. The number of ether oxygens (including phenoxy) is 11. The molecule has 14 atom stereocenters. The quantitative estimate of drug-likeness (QED) is 0.0670. The normalized spacial score (nSPS) is 30.2. The highest BCUT2D eigenvalue weighted by Gasteiger charge is 2.53. The van der Waals surface area contributed by atoms with Crippen LogP contribution in [0.2, 0.25) is 0 Å². The van der Waals surface area contributed by atoms with Gasteiger partial charge in [-0.25, -0.2) is 4.79 Å². The molecule has 0 radical (unpaired) electrons. The van der Waals surface area contributed by atoms with Crippen molar-refractivity contribution in [2.45, 2.75) is 128 Å². The van der Waals surface area contributed by atoms with Crippen LogP contribution in [0.3, 0.4) is 0 Å². The van der Waals surface area contributed by atoms with Crippen LogP contribution in [0.15, 0.2) is 116 Å². The van der Waals surface area contributed by atoms with Crippen molar-refractivity contribution in [3.8, 4) is 0 Å². The fourth-order valence-electron chi connectivity index (χ4n) is 8.93. The molecule has 1 amide bonds. The molecule has 6 unspecified atom stereocenters. The molecule has 16 heteroatoms. The summed E-state index contributed by atoms with van der Waals surface area (Å²) in [4.78, 5) is 51.1. The van der Waals surface area contributed by atoms with E-state index in [1.54, 1.807) is 13.0 Å². The lowest BCUT2D eigenvalue weighted by atomic mass is 9.77. The van der Waals surface area contributed by atoms with Gasteiger partial charge in [-0.2, -0.15) is 0 Å². The van der Waals surface area contributed by atoms with E-state index in [4.69, 9.17) is 52.1 Å². The van der Waals surface area contributed by atoms with Crippen molar-refractivity contribution >= 4 is 24.0 Å². The van der Waals surface area contributed by atoms with Crippen molar-refractivity contribution in [1.82, 2.24) is 5.32 Å². The summed E-state index contributed by atoms with van der Waals surface area (Å²) in [6.45, 7) is 14.2. The Hall–Kier alpha value is -5.46. The van der Waals surface area contributed by atoms with Crippen LogP contribution in [0.25, 0.3) is 0 Å². The number of alkyl carbamates (subject to hydrolysis) is 1. The Balaban J connectivity index is 1.38. The van der Waals surface area contributed by atoms with Crippen molar-refractivity contribution in [2.24, 2.45) is 17.8 Å². The average molecular weight is 944 g/mol. The SMILES string of the molecule is C=CCOC(=O)NC1C(C)[C@@H](OC(C)=O)[C@H](COC(C)=O)O[C@H]1O[C@@H]1CC(C(=O)OC)CC(C=C)[C@H]1OC1O[C@@H](C)[C@H](OCc2ccccc2)C(OCc2ccccc2)[C@@H]1OCc1ccccc1. The minimum absolute atomic E-state index is 0.0834. The Labute approximate surface area is 398 Å². The molecule has 0 bridgehead atoms. The first-order chi connectivity index (χ1) is 32.9. The van der Waals surface area contributed by atoms with E-state index in [0.29, 0.717) is 0 Å². The fraction of sp³-hybridized carbons (Fsp3) is 0.500. The Morgan fingerprint density at radius 1 is 0.676 bits per heavy atom. The zero-order valence-corrected chi connectivity index (χ0v) is 39.4. The summed E-state index contributed by atoms with van der Waals surface area (Å²) in [5, 5.41) is 2.82. The number of hydrogen-bond donors (Lipinski definition) is 1. The number of hydrogen-bond acceptors (Lipinski definition) is 15. The number of carbonyl (C=O) groups excluding carboxylic acids is 4. The molecule has 3 aromatic rings. The number of esters is 3. The monoisotopic (exact) mass is 943 g/mol. The molecule has 1 N–H and O–H groups in total. The van der Waals surface area contributed by atoms with E-state index in [1.165, 1.54) is 27.0 Å². The van der Waals surface area contributed by atoms with Gasteiger partial charge >= 0.3 is 24.0 Å². The van der Waals surface area contributed by atoms with Gasteiger partial charge in [0.25, 0.3) is 0 Å². The maximum Gasteiger partial charge on any atom is 0.407 e. The second-order valence-corrected chi connectivity index (χ2v) is 17.2. The maximum absolute atomic E-state index is 13.4. The number of rotatable bonds is 21. The van der Waals surface area contributed by atoms with E-state index < -0.39 is 109 Å². The number of carbonyl (C=O) groups is 4. The number of benzene rings is 3. The summed E-state index contributed by atoms with van der Waals surface area (Å²) in [5.41, 5.74) is 2.81. The third-order valence-electron chi connectivity index (χ3n) is 12.3. The molecule has 1 aliphatic carbocycles. The Morgan fingerprint density at radius 3 is 1.78 bits per heavy atom. The third kappa shape index (κ3) is 14.3. The second kappa shape index (κ2) is 25.8. The largest absolute Gasteiger partial charge is 0.469 e. The minimum Gasteiger partial charge on any atom is -0.469 e. The van der Waals surface area contributed by atoms with Gasteiger partial charge in [0.05, 0.1) is 57.2 Å². The van der Waals surface area contributed by atoms with Gasteiger partial charge in [-0.15, -0.1) is 6.58 Å². The first-order valence-electron chi connectivity index (χ1n) is 23.0. The van der Waals surface area contributed by atoms with Crippen molar-refractivity contribution in [3.63, 3.8) is 0 Å². The van der Waals surface area contributed by atoms with Gasteiger partial charge in [-0.3, -0.25) is 14.4 Å². The molecule has 68 heavy (non-hydrogen) atoms. The molecular weight excluding hydrogens is 879 g/mol. The lowest BCUT2D eigenvalue weighted by molar-refractivity contribution is -0.347. The zero-order valence-electron chi connectivity index (χ0n) is 39.4.